The molecule has 0 radical (unpaired) electrons. The minimum Gasteiger partial charge on any atom is -0.358 e. The molecule has 0 aliphatic heterocycles. The number of amides is 1. The van der Waals surface area contributed by atoms with Crippen molar-refractivity contribution in [2.45, 2.75) is 0 Å². The monoisotopic (exact) mass is 353 g/mol. The zero-order valence-electron chi connectivity index (χ0n) is 13.3. The van der Waals surface area contributed by atoms with Crippen molar-refractivity contribution in [3.05, 3.63) is 77.9 Å². The largest absolute Gasteiger partial charge is 0.358 e. The molecule has 0 aliphatic carbocycles. The van der Waals surface area contributed by atoms with E-state index in [-0.39, 0.29) is 5.56 Å². The third kappa shape index (κ3) is 4.10. The van der Waals surface area contributed by atoms with Gasteiger partial charge in [0.05, 0.1) is 11.3 Å². The van der Waals surface area contributed by atoms with Gasteiger partial charge in [0.15, 0.2) is 5.13 Å². The van der Waals surface area contributed by atoms with Crippen LogP contribution >= 0.6 is 11.3 Å². The molecule has 2 N–H and O–H groups in total. The van der Waals surface area contributed by atoms with Crippen LogP contribution in [0.2, 0.25) is 0 Å². The summed E-state index contributed by atoms with van der Waals surface area (Å²) in [6.45, 7) is 4.32. The fourth-order valence-corrected chi connectivity index (χ4v) is 2.94. The molecule has 0 saturated heterocycles. The quantitative estimate of drug-likeness (QED) is 0.626. The summed E-state index contributed by atoms with van der Waals surface area (Å²) >= 11 is 1.52. The molecule has 3 aromatic rings. The molecule has 3 rings (SSSR count). The minimum atomic E-state index is -0.543. The lowest BCUT2D eigenvalue weighted by Gasteiger charge is -2.06. The fraction of sp³-hybridized carbons (Fsp3) is 0.0526. The molecule has 0 saturated carbocycles. The predicted molar refractivity (Wildman–Crippen MR) is 101 cm³/mol. The van der Waals surface area contributed by atoms with E-state index in [0.717, 1.165) is 16.4 Å². The summed E-state index contributed by atoms with van der Waals surface area (Å²) < 4.78 is 13.6. The molecule has 1 aromatic heterocycles. The summed E-state index contributed by atoms with van der Waals surface area (Å²) in [5.41, 5.74) is 2.40. The van der Waals surface area contributed by atoms with Crippen LogP contribution in [-0.2, 0) is 0 Å². The first-order chi connectivity index (χ1) is 12.2. The molecule has 2 aromatic carbocycles. The molecule has 0 bridgehead atoms. The van der Waals surface area contributed by atoms with Crippen LogP contribution < -0.4 is 10.6 Å². The number of halogens is 1. The highest BCUT2D eigenvalue weighted by atomic mass is 32.1. The first-order valence-electron chi connectivity index (χ1n) is 7.64. The van der Waals surface area contributed by atoms with E-state index in [0.29, 0.717) is 12.2 Å². The van der Waals surface area contributed by atoms with Gasteiger partial charge in [0.2, 0.25) is 0 Å². The molecule has 1 amide bonds. The van der Waals surface area contributed by atoms with E-state index < -0.39 is 11.7 Å². The predicted octanol–water partition coefficient (Wildman–Crippen LogP) is 4.80. The molecular weight excluding hydrogens is 337 g/mol. The van der Waals surface area contributed by atoms with Crippen LogP contribution in [0.15, 0.2) is 66.6 Å². The van der Waals surface area contributed by atoms with Gasteiger partial charge in [-0.25, -0.2) is 9.37 Å². The molecule has 4 nitrogen and oxygen atoms in total. The Morgan fingerprint density at radius 3 is 2.68 bits per heavy atom. The highest BCUT2D eigenvalue weighted by Gasteiger charge is 2.11. The Hall–Kier alpha value is -2.99. The maximum Gasteiger partial charge on any atom is 0.258 e. The van der Waals surface area contributed by atoms with Crippen molar-refractivity contribution in [3.8, 4) is 11.3 Å². The van der Waals surface area contributed by atoms with Gasteiger partial charge in [0, 0.05) is 23.2 Å². The summed E-state index contributed by atoms with van der Waals surface area (Å²) in [5, 5.41) is 8.62. The fourth-order valence-electron chi connectivity index (χ4n) is 2.22. The maximum atomic E-state index is 13.6. The van der Waals surface area contributed by atoms with Crippen LogP contribution in [0.4, 0.5) is 15.2 Å². The Balaban J connectivity index is 1.70. The van der Waals surface area contributed by atoms with E-state index in [1.807, 2.05) is 17.5 Å². The lowest BCUT2D eigenvalue weighted by Crippen LogP contribution is -2.13. The van der Waals surface area contributed by atoms with Gasteiger partial charge in [-0.3, -0.25) is 4.79 Å². The van der Waals surface area contributed by atoms with E-state index in [4.69, 9.17) is 0 Å². The van der Waals surface area contributed by atoms with Crippen LogP contribution in [-0.4, -0.2) is 17.4 Å². The summed E-state index contributed by atoms with van der Waals surface area (Å²) in [5.74, 6) is -1.02. The molecule has 0 aliphatic rings. The van der Waals surface area contributed by atoms with Crippen LogP contribution in [0.25, 0.3) is 11.3 Å². The molecule has 1 heterocycles. The molecule has 25 heavy (non-hydrogen) atoms. The number of hydrogen-bond donors (Lipinski definition) is 2. The van der Waals surface area contributed by atoms with Crippen LogP contribution in [0.1, 0.15) is 10.4 Å². The second kappa shape index (κ2) is 7.72. The zero-order chi connectivity index (χ0) is 17.6. The third-order valence-electron chi connectivity index (χ3n) is 3.46. The van der Waals surface area contributed by atoms with E-state index in [2.05, 4.69) is 22.2 Å². The first kappa shape index (κ1) is 16.9. The average Bonchev–Trinajstić information content (AvgIpc) is 3.10. The lowest BCUT2D eigenvalue weighted by molar-refractivity contribution is 0.102. The molecule has 0 fully saturated rings. The molecule has 6 heteroatoms. The van der Waals surface area contributed by atoms with Crippen molar-refractivity contribution in [2.75, 3.05) is 17.2 Å². The number of anilines is 2. The average molecular weight is 353 g/mol. The van der Waals surface area contributed by atoms with Crippen molar-refractivity contribution in [1.29, 1.82) is 0 Å². The normalized spacial score (nSPS) is 10.3. The molecule has 0 unspecified atom stereocenters. The van der Waals surface area contributed by atoms with E-state index in [1.165, 1.54) is 23.5 Å². The van der Waals surface area contributed by atoms with E-state index >= 15 is 0 Å². The van der Waals surface area contributed by atoms with E-state index in [1.54, 1.807) is 30.3 Å². The zero-order valence-corrected chi connectivity index (χ0v) is 14.1. The Morgan fingerprint density at radius 1 is 1.20 bits per heavy atom. The summed E-state index contributed by atoms with van der Waals surface area (Å²) in [4.78, 5) is 16.6. The lowest BCUT2D eigenvalue weighted by atomic mass is 10.1. The van der Waals surface area contributed by atoms with Crippen molar-refractivity contribution in [3.63, 3.8) is 0 Å². The Morgan fingerprint density at radius 2 is 1.96 bits per heavy atom. The molecule has 126 valence electrons. The second-order valence-corrected chi connectivity index (χ2v) is 6.08. The number of carbonyl (C=O) groups excluding carboxylic acids is 1. The second-order valence-electron chi connectivity index (χ2n) is 5.22. The summed E-state index contributed by atoms with van der Waals surface area (Å²) in [6, 6.07) is 13.2. The van der Waals surface area contributed by atoms with Gasteiger partial charge in [-0.1, -0.05) is 30.3 Å². The van der Waals surface area contributed by atoms with Gasteiger partial charge in [-0.05, 0) is 24.3 Å². The smallest absolute Gasteiger partial charge is 0.258 e. The highest BCUT2D eigenvalue weighted by Crippen LogP contribution is 2.26. The summed E-state index contributed by atoms with van der Waals surface area (Å²) in [6.07, 6.45) is 1.77. The standard InChI is InChI=1S/C19H16FN3OS/c1-2-11-21-19-23-17(12-25-19)13-7-9-14(10-8-13)22-18(24)15-5-3-4-6-16(15)20/h2-10,12H,1,11H2,(H,21,23)(H,22,24). The minimum absolute atomic E-state index is 0.0176. The van der Waals surface area contributed by atoms with Gasteiger partial charge >= 0.3 is 0 Å². The van der Waals surface area contributed by atoms with Crippen molar-refractivity contribution in [2.24, 2.45) is 0 Å². The Kier molecular flexibility index (Phi) is 5.20. The highest BCUT2D eigenvalue weighted by molar-refractivity contribution is 7.14. The van der Waals surface area contributed by atoms with Crippen LogP contribution in [0, 0.1) is 5.82 Å². The van der Waals surface area contributed by atoms with Gasteiger partial charge < -0.3 is 10.6 Å². The number of benzene rings is 2. The van der Waals surface area contributed by atoms with E-state index in [9.17, 15) is 9.18 Å². The molecule has 0 spiro atoms. The molecule has 0 atom stereocenters. The van der Waals surface area contributed by atoms with Crippen LogP contribution in [0.3, 0.4) is 0 Å². The summed E-state index contributed by atoms with van der Waals surface area (Å²) in [7, 11) is 0. The number of thiazole rings is 1. The van der Waals surface area contributed by atoms with Crippen LogP contribution in [0.5, 0.6) is 0 Å². The van der Waals surface area contributed by atoms with Crippen molar-refractivity contribution >= 4 is 28.1 Å². The Labute approximate surface area is 149 Å². The third-order valence-corrected chi connectivity index (χ3v) is 4.26. The van der Waals surface area contributed by atoms with Gasteiger partial charge in [0.25, 0.3) is 5.91 Å². The van der Waals surface area contributed by atoms with Gasteiger partial charge in [-0.2, -0.15) is 0 Å². The molecular formula is C19H16FN3OS. The number of aromatic nitrogens is 1. The number of nitrogens with zero attached hydrogens (tertiary/aromatic N) is 1. The number of rotatable bonds is 6. The number of carbonyl (C=O) groups is 1. The maximum absolute atomic E-state index is 13.6. The first-order valence-corrected chi connectivity index (χ1v) is 8.52. The topological polar surface area (TPSA) is 54.0 Å². The van der Waals surface area contributed by atoms with Gasteiger partial charge in [0.1, 0.15) is 5.82 Å². The number of nitrogens with one attached hydrogen (secondary N) is 2. The number of hydrogen-bond acceptors (Lipinski definition) is 4. The SMILES string of the molecule is C=CCNc1nc(-c2ccc(NC(=O)c3ccccc3F)cc2)cs1. The van der Waals surface area contributed by atoms with Gasteiger partial charge in [-0.15, -0.1) is 17.9 Å². The van der Waals surface area contributed by atoms with Crippen molar-refractivity contribution < 1.29 is 9.18 Å². The van der Waals surface area contributed by atoms with Crippen molar-refractivity contribution in [1.82, 2.24) is 4.98 Å². The Bertz CT molecular complexity index is 890.